The molecule has 0 unspecified atom stereocenters. The summed E-state index contributed by atoms with van der Waals surface area (Å²) in [4.78, 5) is 12.5. The minimum atomic E-state index is 0.155. The Labute approximate surface area is 140 Å². The summed E-state index contributed by atoms with van der Waals surface area (Å²) in [7, 11) is 0. The molecule has 0 aliphatic carbocycles. The summed E-state index contributed by atoms with van der Waals surface area (Å²) in [5, 5.41) is 7.08. The number of rotatable bonds is 8. The van der Waals surface area contributed by atoms with E-state index in [1.807, 2.05) is 12.1 Å². The second-order valence-electron chi connectivity index (χ2n) is 4.87. The first-order valence-corrected chi connectivity index (χ1v) is 8.11. The van der Waals surface area contributed by atoms with Crippen LogP contribution >= 0.6 is 23.2 Å². The molecule has 22 heavy (non-hydrogen) atoms. The molecule has 0 fully saturated rings. The van der Waals surface area contributed by atoms with Gasteiger partial charge in [-0.15, -0.1) is 0 Å². The maximum absolute atomic E-state index is 5.94. The standard InChI is InChI=1S/C15H19Cl2N5/c1-2-3-4-5-10-18-14-20-13(17)21-15(22-14)19-12-8-6-11(16)7-9-12/h6-9H,2-5,10H2,1H3,(H2,18,19,20,21,22). The van der Waals surface area contributed by atoms with E-state index in [1.165, 1.54) is 19.3 Å². The molecule has 7 heteroatoms. The summed E-state index contributed by atoms with van der Waals surface area (Å²) in [6.45, 7) is 3.01. The third kappa shape index (κ3) is 5.66. The number of hydrogen-bond donors (Lipinski definition) is 2. The second kappa shape index (κ2) is 8.76. The Morgan fingerprint density at radius 3 is 2.36 bits per heavy atom. The van der Waals surface area contributed by atoms with Gasteiger partial charge in [0.2, 0.25) is 17.2 Å². The van der Waals surface area contributed by atoms with Crippen molar-refractivity contribution in [1.29, 1.82) is 0 Å². The van der Waals surface area contributed by atoms with E-state index in [0.717, 1.165) is 18.7 Å². The van der Waals surface area contributed by atoms with Crippen LogP contribution in [0.4, 0.5) is 17.6 Å². The number of aromatic nitrogens is 3. The summed E-state index contributed by atoms with van der Waals surface area (Å²) in [5.74, 6) is 0.881. The Kier molecular flexibility index (Phi) is 6.68. The number of nitrogens with one attached hydrogen (secondary N) is 2. The number of hydrogen-bond acceptors (Lipinski definition) is 5. The van der Waals surface area contributed by atoms with E-state index in [2.05, 4.69) is 32.5 Å². The van der Waals surface area contributed by atoms with Crippen LogP contribution in [-0.2, 0) is 0 Å². The van der Waals surface area contributed by atoms with Crippen LogP contribution in [0.25, 0.3) is 0 Å². The van der Waals surface area contributed by atoms with E-state index in [1.54, 1.807) is 12.1 Å². The third-order valence-corrected chi connectivity index (χ3v) is 3.44. The van der Waals surface area contributed by atoms with Crippen molar-refractivity contribution in [3.63, 3.8) is 0 Å². The summed E-state index contributed by atoms with van der Waals surface area (Å²) >= 11 is 11.8. The van der Waals surface area contributed by atoms with Gasteiger partial charge in [0.15, 0.2) is 0 Å². The van der Waals surface area contributed by atoms with Crippen LogP contribution in [0.15, 0.2) is 24.3 Å². The fourth-order valence-electron chi connectivity index (χ4n) is 1.90. The van der Waals surface area contributed by atoms with E-state index in [0.29, 0.717) is 16.9 Å². The predicted octanol–water partition coefficient (Wildman–Crippen LogP) is 4.91. The van der Waals surface area contributed by atoms with Gasteiger partial charge in [0.1, 0.15) is 0 Å². The van der Waals surface area contributed by atoms with E-state index in [4.69, 9.17) is 23.2 Å². The zero-order chi connectivity index (χ0) is 15.8. The lowest BCUT2D eigenvalue weighted by atomic mass is 10.2. The molecule has 0 spiro atoms. The van der Waals surface area contributed by atoms with Crippen molar-refractivity contribution in [1.82, 2.24) is 15.0 Å². The van der Waals surface area contributed by atoms with E-state index < -0.39 is 0 Å². The van der Waals surface area contributed by atoms with Crippen LogP contribution in [0.3, 0.4) is 0 Å². The molecular weight excluding hydrogens is 321 g/mol. The highest BCUT2D eigenvalue weighted by atomic mass is 35.5. The third-order valence-electron chi connectivity index (χ3n) is 3.02. The Balaban J connectivity index is 1.95. The lowest BCUT2D eigenvalue weighted by Crippen LogP contribution is -2.08. The quantitative estimate of drug-likeness (QED) is 0.668. The first kappa shape index (κ1) is 16.8. The number of anilines is 3. The van der Waals surface area contributed by atoms with Gasteiger partial charge >= 0.3 is 0 Å². The molecule has 5 nitrogen and oxygen atoms in total. The molecule has 1 aromatic carbocycles. The van der Waals surface area contributed by atoms with Crippen LogP contribution in [-0.4, -0.2) is 21.5 Å². The van der Waals surface area contributed by atoms with Crippen molar-refractivity contribution >= 4 is 40.8 Å². The molecule has 2 N–H and O–H groups in total. The van der Waals surface area contributed by atoms with Gasteiger partial charge in [0.05, 0.1) is 0 Å². The zero-order valence-corrected chi connectivity index (χ0v) is 14.0. The summed E-state index contributed by atoms with van der Waals surface area (Å²) in [6.07, 6.45) is 4.73. The van der Waals surface area contributed by atoms with Crippen LogP contribution in [0.5, 0.6) is 0 Å². The summed E-state index contributed by atoms with van der Waals surface area (Å²) < 4.78 is 0. The predicted molar refractivity (Wildman–Crippen MR) is 92.2 cm³/mol. The maximum atomic E-state index is 5.94. The topological polar surface area (TPSA) is 62.7 Å². The molecule has 0 atom stereocenters. The fraction of sp³-hybridized carbons (Fsp3) is 0.400. The number of benzene rings is 1. The van der Waals surface area contributed by atoms with E-state index >= 15 is 0 Å². The summed E-state index contributed by atoms with van der Waals surface area (Å²) in [6, 6.07) is 7.27. The van der Waals surface area contributed by atoms with Crippen LogP contribution in [0.2, 0.25) is 10.3 Å². The number of unbranched alkanes of at least 4 members (excludes halogenated alkanes) is 3. The van der Waals surface area contributed by atoms with Gasteiger partial charge in [0.25, 0.3) is 0 Å². The van der Waals surface area contributed by atoms with Crippen LogP contribution in [0.1, 0.15) is 32.6 Å². The minimum Gasteiger partial charge on any atom is -0.354 e. The maximum Gasteiger partial charge on any atom is 0.233 e. The highest BCUT2D eigenvalue weighted by Crippen LogP contribution is 2.18. The average molecular weight is 340 g/mol. The van der Waals surface area contributed by atoms with Crippen molar-refractivity contribution in [2.24, 2.45) is 0 Å². The van der Waals surface area contributed by atoms with Gasteiger partial charge < -0.3 is 10.6 Å². The van der Waals surface area contributed by atoms with Gasteiger partial charge in [-0.25, -0.2) is 0 Å². The molecule has 0 aliphatic heterocycles. The van der Waals surface area contributed by atoms with Crippen LogP contribution < -0.4 is 10.6 Å². The number of halogens is 2. The van der Waals surface area contributed by atoms with Crippen molar-refractivity contribution in [3.8, 4) is 0 Å². The zero-order valence-electron chi connectivity index (χ0n) is 12.4. The number of nitrogens with zero attached hydrogens (tertiary/aromatic N) is 3. The molecule has 0 bridgehead atoms. The van der Waals surface area contributed by atoms with Gasteiger partial charge in [-0.1, -0.05) is 37.8 Å². The Morgan fingerprint density at radius 2 is 1.64 bits per heavy atom. The van der Waals surface area contributed by atoms with Crippen molar-refractivity contribution in [3.05, 3.63) is 34.6 Å². The molecule has 0 saturated carbocycles. The average Bonchev–Trinajstić information content (AvgIpc) is 2.49. The fourth-order valence-corrected chi connectivity index (χ4v) is 2.19. The molecule has 118 valence electrons. The van der Waals surface area contributed by atoms with E-state index in [-0.39, 0.29) is 5.28 Å². The molecule has 0 amide bonds. The second-order valence-corrected chi connectivity index (χ2v) is 5.65. The largest absolute Gasteiger partial charge is 0.354 e. The van der Waals surface area contributed by atoms with Gasteiger partial charge in [-0.3, -0.25) is 0 Å². The Hall–Kier alpha value is -1.59. The SMILES string of the molecule is CCCCCCNc1nc(Cl)nc(Nc2ccc(Cl)cc2)n1. The summed E-state index contributed by atoms with van der Waals surface area (Å²) in [5.41, 5.74) is 0.834. The highest BCUT2D eigenvalue weighted by molar-refractivity contribution is 6.30. The Morgan fingerprint density at radius 1 is 0.909 bits per heavy atom. The molecule has 0 radical (unpaired) electrons. The molecule has 1 aromatic heterocycles. The van der Waals surface area contributed by atoms with Crippen molar-refractivity contribution in [2.45, 2.75) is 32.6 Å². The monoisotopic (exact) mass is 339 g/mol. The lowest BCUT2D eigenvalue weighted by molar-refractivity contribution is 0.683. The van der Waals surface area contributed by atoms with Gasteiger partial charge in [0, 0.05) is 17.3 Å². The van der Waals surface area contributed by atoms with Crippen molar-refractivity contribution in [2.75, 3.05) is 17.2 Å². The highest BCUT2D eigenvalue weighted by Gasteiger charge is 2.05. The molecule has 1 heterocycles. The first-order valence-electron chi connectivity index (χ1n) is 7.35. The molecule has 0 saturated heterocycles. The molecule has 2 aromatic rings. The smallest absolute Gasteiger partial charge is 0.233 e. The first-order chi connectivity index (χ1) is 10.7. The van der Waals surface area contributed by atoms with Gasteiger partial charge in [-0.2, -0.15) is 15.0 Å². The minimum absolute atomic E-state index is 0.155. The normalized spacial score (nSPS) is 10.5. The lowest BCUT2D eigenvalue weighted by Gasteiger charge is -2.08. The Bertz CT molecular complexity index is 589. The van der Waals surface area contributed by atoms with Crippen molar-refractivity contribution < 1.29 is 0 Å². The van der Waals surface area contributed by atoms with Crippen LogP contribution in [0, 0.1) is 0 Å². The molecule has 2 rings (SSSR count). The molecular formula is C15H19Cl2N5. The van der Waals surface area contributed by atoms with E-state index in [9.17, 15) is 0 Å². The molecule has 0 aliphatic rings. The van der Waals surface area contributed by atoms with Gasteiger partial charge in [-0.05, 0) is 42.3 Å².